The highest BCUT2D eigenvalue weighted by Gasteiger charge is 2.22. The molecule has 0 radical (unpaired) electrons. The van der Waals surface area contributed by atoms with Crippen LogP contribution in [0.25, 0.3) is 0 Å². The average molecular weight is 352 g/mol. The van der Waals surface area contributed by atoms with E-state index in [1.807, 2.05) is 0 Å². The molecule has 0 atom stereocenters. The summed E-state index contributed by atoms with van der Waals surface area (Å²) in [4.78, 5) is 13.9. The van der Waals surface area contributed by atoms with Gasteiger partial charge in [0, 0.05) is 12.6 Å². The van der Waals surface area contributed by atoms with Crippen molar-refractivity contribution in [3.63, 3.8) is 0 Å². The predicted molar refractivity (Wildman–Crippen MR) is 86.4 cm³/mol. The Labute approximate surface area is 143 Å². The zero-order valence-electron chi connectivity index (χ0n) is 12.9. The zero-order valence-corrected chi connectivity index (χ0v) is 13.7. The Morgan fingerprint density at radius 3 is 2.92 bits per heavy atom. The van der Waals surface area contributed by atoms with Gasteiger partial charge in [-0.1, -0.05) is 23.7 Å². The molecule has 0 bridgehead atoms. The highest BCUT2D eigenvalue weighted by Crippen LogP contribution is 2.39. The minimum absolute atomic E-state index is 0.0824. The number of hydrogen-bond donors (Lipinski definition) is 0. The number of nitrogens with zero attached hydrogens (tertiary/aromatic N) is 1. The van der Waals surface area contributed by atoms with Crippen LogP contribution in [-0.4, -0.2) is 37.8 Å². The Morgan fingerprint density at radius 2 is 2.12 bits per heavy atom. The molecule has 0 aromatic heterocycles. The number of hydrogen-bond acceptors (Lipinski definition) is 4. The van der Waals surface area contributed by atoms with E-state index in [1.54, 1.807) is 25.2 Å². The number of amides is 1. The lowest BCUT2D eigenvalue weighted by molar-refractivity contribution is 0.0772. The fourth-order valence-corrected chi connectivity index (χ4v) is 2.53. The summed E-state index contributed by atoms with van der Waals surface area (Å²) >= 11 is 6.08. The molecule has 0 fully saturated rings. The van der Waals surface area contributed by atoms with Crippen molar-refractivity contribution in [1.82, 2.24) is 4.90 Å². The van der Waals surface area contributed by atoms with Crippen LogP contribution in [-0.2, 0) is 0 Å². The largest absolute Gasteiger partial charge is 0.489 e. The molecular formula is C17H15ClFNO4. The zero-order chi connectivity index (χ0) is 17.1. The fraction of sp³-hybridized carbons (Fsp3) is 0.235. The third kappa shape index (κ3) is 3.38. The second-order valence-electron chi connectivity index (χ2n) is 5.20. The summed E-state index contributed by atoms with van der Waals surface area (Å²) < 4.78 is 29.3. The van der Waals surface area contributed by atoms with E-state index in [-0.39, 0.29) is 25.1 Å². The van der Waals surface area contributed by atoms with E-state index >= 15 is 0 Å². The van der Waals surface area contributed by atoms with E-state index in [9.17, 15) is 9.18 Å². The molecule has 7 heteroatoms. The Morgan fingerprint density at radius 1 is 1.33 bits per heavy atom. The van der Waals surface area contributed by atoms with Crippen LogP contribution in [0.15, 0.2) is 36.4 Å². The molecule has 1 heterocycles. The molecule has 2 aromatic rings. The molecular weight excluding hydrogens is 337 g/mol. The van der Waals surface area contributed by atoms with Crippen molar-refractivity contribution in [2.24, 2.45) is 0 Å². The van der Waals surface area contributed by atoms with Crippen LogP contribution in [0.1, 0.15) is 10.4 Å². The summed E-state index contributed by atoms with van der Waals surface area (Å²) in [6.45, 7) is 0.541. The molecule has 24 heavy (non-hydrogen) atoms. The Balaban J connectivity index is 1.61. The van der Waals surface area contributed by atoms with Gasteiger partial charge in [-0.15, -0.1) is 0 Å². The number of benzene rings is 2. The number of ether oxygens (including phenoxy) is 3. The van der Waals surface area contributed by atoms with Gasteiger partial charge in [-0.25, -0.2) is 4.39 Å². The molecule has 1 amide bonds. The van der Waals surface area contributed by atoms with Crippen LogP contribution in [0.3, 0.4) is 0 Å². The first kappa shape index (κ1) is 16.4. The minimum atomic E-state index is -0.436. The molecule has 0 saturated heterocycles. The van der Waals surface area contributed by atoms with Gasteiger partial charge in [0.1, 0.15) is 6.61 Å². The molecule has 0 N–H and O–H groups in total. The van der Waals surface area contributed by atoms with Gasteiger partial charge in [-0.05, 0) is 24.3 Å². The van der Waals surface area contributed by atoms with E-state index in [2.05, 4.69) is 0 Å². The number of likely N-dealkylation sites (N-methyl/N-ethyl adjacent to an activating group) is 1. The standard InChI is InChI=1S/C17H15ClFNO4/c1-20(6-7-22-14-5-3-2-4-13(14)19)17(21)11-8-12(18)16-15(9-11)23-10-24-16/h2-5,8-9H,6-7,10H2,1H3. The summed E-state index contributed by atoms with van der Waals surface area (Å²) in [7, 11) is 1.63. The van der Waals surface area contributed by atoms with Crippen molar-refractivity contribution in [2.45, 2.75) is 0 Å². The maximum atomic E-state index is 13.5. The highest BCUT2D eigenvalue weighted by molar-refractivity contribution is 6.32. The number of halogens is 2. The quantitative estimate of drug-likeness (QED) is 0.828. The molecule has 0 saturated carbocycles. The lowest BCUT2D eigenvalue weighted by Crippen LogP contribution is -2.31. The number of rotatable bonds is 5. The third-order valence-electron chi connectivity index (χ3n) is 3.54. The topological polar surface area (TPSA) is 48.0 Å². The van der Waals surface area contributed by atoms with Gasteiger partial charge >= 0.3 is 0 Å². The fourth-order valence-electron chi connectivity index (χ4n) is 2.27. The summed E-state index contributed by atoms with van der Waals surface area (Å²) in [6.07, 6.45) is 0. The van der Waals surface area contributed by atoms with Crippen molar-refractivity contribution in [3.8, 4) is 17.2 Å². The number of fused-ring (bicyclic) bond motifs is 1. The predicted octanol–water partition coefficient (Wildman–Crippen LogP) is 3.36. The Bertz CT molecular complexity index is 768. The van der Waals surface area contributed by atoms with Gasteiger partial charge in [-0.2, -0.15) is 0 Å². The monoisotopic (exact) mass is 351 g/mol. The van der Waals surface area contributed by atoms with Crippen molar-refractivity contribution in [3.05, 3.63) is 52.8 Å². The molecule has 1 aliphatic rings. The maximum Gasteiger partial charge on any atom is 0.253 e. The van der Waals surface area contributed by atoms with Gasteiger partial charge in [0.2, 0.25) is 6.79 Å². The van der Waals surface area contributed by atoms with Gasteiger partial charge in [0.05, 0.1) is 11.6 Å². The summed E-state index contributed by atoms with van der Waals surface area (Å²) in [6, 6.07) is 9.24. The molecule has 126 valence electrons. The van der Waals surface area contributed by atoms with E-state index in [1.165, 1.54) is 23.1 Å². The SMILES string of the molecule is CN(CCOc1ccccc1F)C(=O)c1cc(Cl)c2c(c1)OCO2. The lowest BCUT2D eigenvalue weighted by Gasteiger charge is -2.18. The molecule has 0 unspecified atom stereocenters. The van der Waals surface area contributed by atoms with Crippen molar-refractivity contribution in [2.75, 3.05) is 27.0 Å². The number of carbonyl (C=O) groups is 1. The van der Waals surface area contributed by atoms with Crippen LogP contribution in [0.4, 0.5) is 4.39 Å². The molecule has 1 aliphatic heterocycles. The normalized spacial score (nSPS) is 12.1. The van der Waals surface area contributed by atoms with Crippen LogP contribution >= 0.6 is 11.6 Å². The average Bonchev–Trinajstić information content (AvgIpc) is 3.05. The van der Waals surface area contributed by atoms with Gasteiger partial charge in [0.15, 0.2) is 23.1 Å². The van der Waals surface area contributed by atoms with E-state index in [0.717, 1.165) is 0 Å². The van der Waals surface area contributed by atoms with Gasteiger partial charge in [0.25, 0.3) is 5.91 Å². The van der Waals surface area contributed by atoms with Gasteiger partial charge in [-0.3, -0.25) is 4.79 Å². The van der Waals surface area contributed by atoms with Gasteiger partial charge < -0.3 is 19.1 Å². The highest BCUT2D eigenvalue weighted by atomic mass is 35.5. The summed E-state index contributed by atoms with van der Waals surface area (Å²) in [5.41, 5.74) is 0.387. The Hall–Kier alpha value is -2.47. The second kappa shape index (κ2) is 6.97. The van der Waals surface area contributed by atoms with Crippen LogP contribution in [0.2, 0.25) is 5.02 Å². The second-order valence-corrected chi connectivity index (χ2v) is 5.60. The first-order valence-corrected chi connectivity index (χ1v) is 7.66. The van der Waals surface area contributed by atoms with Crippen molar-refractivity contribution >= 4 is 17.5 Å². The third-order valence-corrected chi connectivity index (χ3v) is 3.82. The number of carbonyl (C=O) groups excluding carboxylic acids is 1. The van der Waals surface area contributed by atoms with Crippen molar-refractivity contribution in [1.29, 1.82) is 0 Å². The smallest absolute Gasteiger partial charge is 0.253 e. The lowest BCUT2D eigenvalue weighted by atomic mass is 10.2. The summed E-state index contributed by atoms with van der Waals surface area (Å²) in [5.74, 6) is 0.367. The maximum absolute atomic E-state index is 13.5. The molecule has 0 aliphatic carbocycles. The van der Waals surface area contributed by atoms with E-state index in [0.29, 0.717) is 28.6 Å². The van der Waals surface area contributed by atoms with E-state index < -0.39 is 5.82 Å². The molecule has 3 rings (SSSR count). The first-order chi connectivity index (χ1) is 11.6. The van der Waals surface area contributed by atoms with Crippen molar-refractivity contribution < 1.29 is 23.4 Å². The molecule has 2 aromatic carbocycles. The van der Waals surface area contributed by atoms with E-state index in [4.69, 9.17) is 25.8 Å². The number of para-hydroxylation sites is 1. The summed E-state index contributed by atoms with van der Waals surface area (Å²) in [5, 5.41) is 0.323. The first-order valence-electron chi connectivity index (χ1n) is 7.28. The van der Waals surface area contributed by atoms with Crippen LogP contribution < -0.4 is 14.2 Å². The molecule has 0 spiro atoms. The van der Waals surface area contributed by atoms with Crippen LogP contribution in [0, 0.1) is 5.82 Å². The van der Waals surface area contributed by atoms with Crippen LogP contribution in [0.5, 0.6) is 17.2 Å². The minimum Gasteiger partial charge on any atom is -0.489 e. The Kier molecular flexibility index (Phi) is 4.76. The molecule has 5 nitrogen and oxygen atoms in total.